The summed E-state index contributed by atoms with van der Waals surface area (Å²) in [5.41, 5.74) is -0.113. The fourth-order valence-corrected chi connectivity index (χ4v) is 3.46. The Morgan fingerprint density at radius 1 is 1.29 bits per heavy atom. The van der Waals surface area contributed by atoms with Gasteiger partial charge in [0.05, 0.1) is 6.61 Å². The summed E-state index contributed by atoms with van der Waals surface area (Å²) in [6.45, 7) is 5.09. The Hall–Kier alpha value is -1.84. The molecule has 1 heterocycles. The van der Waals surface area contributed by atoms with Crippen LogP contribution in [0.1, 0.15) is 32.3 Å². The SMILES string of the molecule is CCOC(=O)C1(C)C(=O)N(Cc2ccccc2)CC12CC2. The number of carbonyl (C=O) groups excluding carboxylic acids is 2. The Balaban J connectivity index is 1.84. The van der Waals surface area contributed by atoms with E-state index < -0.39 is 5.41 Å². The summed E-state index contributed by atoms with van der Waals surface area (Å²) in [6.07, 6.45) is 1.86. The number of amides is 1. The van der Waals surface area contributed by atoms with Crippen LogP contribution in [-0.4, -0.2) is 29.9 Å². The zero-order chi connectivity index (χ0) is 15.1. The Morgan fingerprint density at radius 2 is 1.95 bits per heavy atom. The largest absolute Gasteiger partial charge is 0.465 e. The second-order valence-electron chi connectivity index (χ2n) is 6.27. The molecule has 112 valence electrons. The van der Waals surface area contributed by atoms with Gasteiger partial charge in [-0.05, 0) is 32.3 Å². The normalized spacial score (nSPS) is 26.2. The van der Waals surface area contributed by atoms with Crippen LogP contribution in [0, 0.1) is 10.8 Å². The highest BCUT2D eigenvalue weighted by molar-refractivity contribution is 6.05. The molecule has 1 amide bonds. The number of hydrogen-bond acceptors (Lipinski definition) is 3. The number of esters is 1. The first-order valence-corrected chi connectivity index (χ1v) is 7.54. The van der Waals surface area contributed by atoms with Crippen LogP contribution >= 0.6 is 0 Å². The van der Waals surface area contributed by atoms with Gasteiger partial charge in [0.25, 0.3) is 0 Å². The molecule has 1 aliphatic carbocycles. The molecular formula is C17H21NO3. The topological polar surface area (TPSA) is 46.6 Å². The maximum absolute atomic E-state index is 12.8. The van der Waals surface area contributed by atoms with Crippen LogP contribution in [0.25, 0.3) is 0 Å². The van der Waals surface area contributed by atoms with Gasteiger partial charge in [0.15, 0.2) is 5.41 Å². The lowest BCUT2D eigenvalue weighted by molar-refractivity contribution is -0.162. The lowest BCUT2D eigenvalue weighted by Crippen LogP contribution is -2.43. The number of carbonyl (C=O) groups is 2. The molecule has 1 unspecified atom stereocenters. The molecule has 4 nitrogen and oxygen atoms in total. The van der Waals surface area contributed by atoms with Crippen molar-refractivity contribution >= 4 is 11.9 Å². The molecule has 3 rings (SSSR count). The highest BCUT2D eigenvalue weighted by atomic mass is 16.5. The maximum atomic E-state index is 12.8. The Kier molecular flexibility index (Phi) is 3.27. The van der Waals surface area contributed by atoms with Gasteiger partial charge in [0.2, 0.25) is 5.91 Å². The van der Waals surface area contributed by atoms with Gasteiger partial charge in [-0.15, -0.1) is 0 Å². The first-order valence-electron chi connectivity index (χ1n) is 7.54. The van der Waals surface area contributed by atoms with Crippen molar-refractivity contribution < 1.29 is 14.3 Å². The molecule has 1 spiro atoms. The number of benzene rings is 1. The summed E-state index contributed by atoms with van der Waals surface area (Å²) in [5.74, 6) is -0.439. The van der Waals surface area contributed by atoms with Gasteiger partial charge in [-0.1, -0.05) is 30.3 Å². The number of likely N-dealkylation sites (tertiary alicyclic amines) is 1. The molecule has 0 N–H and O–H groups in total. The zero-order valence-electron chi connectivity index (χ0n) is 12.6. The van der Waals surface area contributed by atoms with E-state index in [1.807, 2.05) is 35.2 Å². The van der Waals surface area contributed by atoms with E-state index in [1.165, 1.54) is 0 Å². The van der Waals surface area contributed by atoms with E-state index in [2.05, 4.69) is 0 Å². The van der Waals surface area contributed by atoms with Crippen LogP contribution in [0.2, 0.25) is 0 Å². The van der Waals surface area contributed by atoms with Gasteiger partial charge in [-0.25, -0.2) is 0 Å². The van der Waals surface area contributed by atoms with Gasteiger partial charge in [0, 0.05) is 18.5 Å². The molecule has 1 aromatic rings. The fraction of sp³-hybridized carbons (Fsp3) is 0.529. The number of hydrogen-bond donors (Lipinski definition) is 0. The molecule has 1 saturated heterocycles. The van der Waals surface area contributed by atoms with Crippen LogP contribution in [0.15, 0.2) is 30.3 Å². The van der Waals surface area contributed by atoms with E-state index in [-0.39, 0.29) is 17.3 Å². The van der Waals surface area contributed by atoms with E-state index in [1.54, 1.807) is 13.8 Å². The van der Waals surface area contributed by atoms with Gasteiger partial charge >= 0.3 is 5.97 Å². The van der Waals surface area contributed by atoms with E-state index in [0.717, 1.165) is 18.4 Å². The molecule has 0 bridgehead atoms. The standard InChI is InChI=1S/C17H21NO3/c1-3-21-15(20)16(2)14(19)18(12-17(16)9-10-17)11-13-7-5-4-6-8-13/h4-8H,3,9-12H2,1-2H3. The molecule has 0 aromatic heterocycles. The minimum absolute atomic E-state index is 0.0812. The van der Waals surface area contributed by atoms with E-state index in [4.69, 9.17) is 4.74 Å². The summed E-state index contributed by atoms with van der Waals surface area (Å²) < 4.78 is 5.19. The van der Waals surface area contributed by atoms with Crippen molar-refractivity contribution in [1.82, 2.24) is 4.90 Å². The van der Waals surface area contributed by atoms with Gasteiger partial charge in [0.1, 0.15) is 0 Å². The van der Waals surface area contributed by atoms with Crippen LogP contribution in [0.4, 0.5) is 0 Å². The molecule has 21 heavy (non-hydrogen) atoms. The quantitative estimate of drug-likeness (QED) is 0.631. The summed E-state index contributed by atoms with van der Waals surface area (Å²) in [6, 6.07) is 9.90. The predicted molar refractivity (Wildman–Crippen MR) is 78.3 cm³/mol. The predicted octanol–water partition coefficient (Wildman–Crippen LogP) is 2.38. The highest BCUT2D eigenvalue weighted by Gasteiger charge is 2.71. The molecule has 1 atom stereocenters. The minimum atomic E-state index is -1.00. The maximum Gasteiger partial charge on any atom is 0.322 e. The Morgan fingerprint density at radius 3 is 2.52 bits per heavy atom. The molecule has 4 heteroatoms. The van der Waals surface area contributed by atoms with Gasteiger partial charge in [-0.3, -0.25) is 9.59 Å². The first-order chi connectivity index (χ1) is 10.0. The highest BCUT2D eigenvalue weighted by Crippen LogP contribution is 2.63. The lowest BCUT2D eigenvalue weighted by atomic mass is 9.76. The third-order valence-electron chi connectivity index (χ3n) is 5.02. The van der Waals surface area contributed by atoms with E-state index in [9.17, 15) is 9.59 Å². The molecule has 0 radical (unpaired) electrons. The van der Waals surface area contributed by atoms with Crippen molar-refractivity contribution in [3.05, 3.63) is 35.9 Å². The van der Waals surface area contributed by atoms with Crippen molar-refractivity contribution in [3.8, 4) is 0 Å². The Bertz CT molecular complexity index is 565. The van der Waals surface area contributed by atoms with Gasteiger partial charge in [-0.2, -0.15) is 0 Å². The third kappa shape index (κ3) is 2.04. The second kappa shape index (κ2) is 4.86. The minimum Gasteiger partial charge on any atom is -0.465 e. The number of nitrogens with zero attached hydrogens (tertiary/aromatic N) is 1. The summed E-state index contributed by atoms with van der Waals surface area (Å²) in [7, 11) is 0. The monoisotopic (exact) mass is 287 g/mol. The smallest absolute Gasteiger partial charge is 0.322 e. The average molecular weight is 287 g/mol. The molecule has 1 aliphatic heterocycles. The van der Waals surface area contributed by atoms with Crippen LogP contribution in [-0.2, 0) is 20.9 Å². The van der Waals surface area contributed by atoms with Crippen LogP contribution < -0.4 is 0 Å². The summed E-state index contributed by atoms with van der Waals surface area (Å²) in [4.78, 5) is 27.0. The number of ether oxygens (including phenoxy) is 1. The number of rotatable bonds is 4. The van der Waals surface area contributed by atoms with E-state index in [0.29, 0.717) is 19.7 Å². The molecule has 2 aliphatic rings. The molecule has 2 fully saturated rings. The van der Waals surface area contributed by atoms with Crippen molar-refractivity contribution in [2.45, 2.75) is 33.2 Å². The van der Waals surface area contributed by atoms with Crippen molar-refractivity contribution in [2.24, 2.45) is 10.8 Å². The average Bonchev–Trinajstić information content (AvgIpc) is 3.23. The van der Waals surface area contributed by atoms with Crippen LogP contribution in [0.3, 0.4) is 0 Å². The Labute approximate surface area is 125 Å². The van der Waals surface area contributed by atoms with Crippen molar-refractivity contribution in [1.29, 1.82) is 0 Å². The second-order valence-corrected chi connectivity index (χ2v) is 6.27. The van der Waals surface area contributed by atoms with E-state index >= 15 is 0 Å². The zero-order valence-corrected chi connectivity index (χ0v) is 12.6. The molecule has 1 aromatic carbocycles. The van der Waals surface area contributed by atoms with Crippen molar-refractivity contribution in [2.75, 3.05) is 13.2 Å². The first kappa shape index (κ1) is 14.1. The molecule has 1 saturated carbocycles. The third-order valence-corrected chi connectivity index (χ3v) is 5.02. The lowest BCUT2D eigenvalue weighted by Gasteiger charge is -2.25. The fourth-order valence-electron chi connectivity index (χ4n) is 3.46. The summed E-state index contributed by atoms with van der Waals surface area (Å²) in [5, 5.41) is 0. The van der Waals surface area contributed by atoms with Crippen molar-refractivity contribution in [3.63, 3.8) is 0 Å². The van der Waals surface area contributed by atoms with Gasteiger partial charge < -0.3 is 9.64 Å². The van der Waals surface area contributed by atoms with Crippen LogP contribution in [0.5, 0.6) is 0 Å². The summed E-state index contributed by atoms with van der Waals surface area (Å²) >= 11 is 0. The molecular weight excluding hydrogens is 266 g/mol.